The van der Waals surface area contributed by atoms with Gasteiger partial charge in [0.2, 0.25) is 0 Å². The molecule has 0 bridgehead atoms. The van der Waals surface area contributed by atoms with E-state index in [4.69, 9.17) is 16.6 Å². The van der Waals surface area contributed by atoms with Crippen molar-refractivity contribution in [1.82, 2.24) is 19.4 Å². The molecule has 1 fully saturated rings. The molecule has 24 heavy (non-hydrogen) atoms. The third-order valence-corrected chi connectivity index (χ3v) is 5.15. The average Bonchev–Trinajstić information content (AvgIpc) is 3.02. The van der Waals surface area contributed by atoms with Gasteiger partial charge >= 0.3 is 0 Å². The van der Waals surface area contributed by atoms with Gasteiger partial charge in [0.05, 0.1) is 16.2 Å². The summed E-state index contributed by atoms with van der Waals surface area (Å²) in [6.45, 7) is 3.01. The molecule has 0 radical (unpaired) electrons. The van der Waals surface area contributed by atoms with Gasteiger partial charge in [-0.1, -0.05) is 29.8 Å². The number of pyridine rings is 1. The molecule has 2 aromatic heterocycles. The summed E-state index contributed by atoms with van der Waals surface area (Å²) in [5.41, 5.74) is 1.98. The van der Waals surface area contributed by atoms with E-state index in [1.807, 2.05) is 24.5 Å². The number of nitrogens with zero attached hydrogens (tertiary/aromatic N) is 4. The summed E-state index contributed by atoms with van der Waals surface area (Å²) in [6.07, 6.45) is 6.33. The number of rotatable bonds is 3. The molecule has 0 aliphatic carbocycles. The van der Waals surface area contributed by atoms with Crippen molar-refractivity contribution in [2.45, 2.75) is 25.3 Å². The molecule has 1 aliphatic heterocycles. The number of fused-ring (bicyclic) bond motifs is 1. The molecule has 0 saturated carbocycles. The zero-order chi connectivity index (χ0) is 16.5. The Morgan fingerprint density at radius 2 is 2.17 bits per heavy atom. The van der Waals surface area contributed by atoms with Gasteiger partial charge in [-0.15, -0.1) is 0 Å². The van der Waals surface area contributed by atoms with Crippen molar-refractivity contribution in [2.75, 3.05) is 13.1 Å². The second kappa shape index (κ2) is 6.54. The number of piperidine rings is 1. The Kier molecular flexibility index (Phi) is 4.25. The standard InChI is InChI=1S/C19H21ClN4/c1-23-11-9-21-19(23)15-5-3-10-24(12-15)13-16-8-7-14-4-2-6-17(20)18(14)22-16/h2,4,6-9,11,15H,3,5,10,12-13H2,1H3/t15-/m0/s1. The number of likely N-dealkylation sites (tertiary alicyclic amines) is 1. The van der Waals surface area contributed by atoms with Crippen LogP contribution in [-0.4, -0.2) is 32.5 Å². The van der Waals surface area contributed by atoms with Crippen molar-refractivity contribution in [3.63, 3.8) is 0 Å². The van der Waals surface area contributed by atoms with Crippen molar-refractivity contribution in [2.24, 2.45) is 7.05 Å². The molecule has 1 atom stereocenters. The second-order valence-electron chi connectivity index (χ2n) is 6.58. The maximum Gasteiger partial charge on any atom is 0.112 e. The van der Waals surface area contributed by atoms with Gasteiger partial charge in [-0.05, 0) is 31.5 Å². The molecule has 1 saturated heterocycles. The number of imidazole rings is 1. The summed E-state index contributed by atoms with van der Waals surface area (Å²) in [5, 5.41) is 1.81. The third-order valence-electron chi connectivity index (χ3n) is 4.84. The topological polar surface area (TPSA) is 34.0 Å². The number of benzene rings is 1. The highest BCUT2D eigenvalue weighted by Crippen LogP contribution is 2.27. The zero-order valence-electron chi connectivity index (χ0n) is 13.8. The van der Waals surface area contributed by atoms with E-state index in [0.29, 0.717) is 5.92 Å². The quantitative estimate of drug-likeness (QED) is 0.722. The highest BCUT2D eigenvalue weighted by atomic mass is 35.5. The molecule has 4 nitrogen and oxygen atoms in total. The predicted molar refractivity (Wildman–Crippen MR) is 97.2 cm³/mol. The van der Waals surface area contributed by atoms with Gasteiger partial charge in [-0.2, -0.15) is 0 Å². The van der Waals surface area contributed by atoms with Crippen LogP contribution in [-0.2, 0) is 13.6 Å². The molecule has 0 unspecified atom stereocenters. The van der Waals surface area contributed by atoms with Crippen LogP contribution in [0.2, 0.25) is 5.02 Å². The van der Waals surface area contributed by atoms with E-state index < -0.39 is 0 Å². The van der Waals surface area contributed by atoms with Crippen LogP contribution in [0.3, 0.4) is 0 Å². The van der Waals surface area contributed by atoms with Crippen LogP contribution in [0.4, 0.5) is 0 Å². The lowest BCUT2D eigenvalue weighted by atomic mass is 9.97. The number of aromatic nitrogens is 3. The maximum atomic E-state index is 6.29. The summed E-state index contributed by atoms with van der Waals surface area (Å²) >= 11 is 6.29. The second-order valence-corrected chi connectivity index (χ2v) is 6.99. The zero-order valence-corrected chi connectivity index (χ0v) is 14.6. The molecule has 124 valence electrons. The van der Waals surface area contributed by atoms with E-state index in [1.54, 1.807) is 0 Å². The molecule has 1 aliphatic rings. The molecule has 0 amide bonds. The van der Waals surface area contributed by atoms with Crippen molar-refractivity contribution < 1.29 is 0 Å². The first-order chi connectivity index (χ1) is 11.7. The number of hydrogen-bond acceptors (Lipinski definition) is 3. The minimum Gasteiger partial charge on any atom is -0.338 e. The van der Waals surface area contributed by atoms with Gasteiger partial charge in [0.1, 0.15) is 5.82 Å². The lowest BCUT2D eigenvalue weighted by Crippen LogP contribution is -2.35. The summed E-state index contributed by atoms with van der Waals surface area (Å²) in [7, 11) is 2.08. The monoisotopic (exact) mass is 340 g/mol. The molecular weight excluding hydrogens is 320 g/mol. The Hall–Kier alpha value is -1.91. The van der Waals surface area contributed by atoms with Crippen molar-refractivity contribution in [3.8, 4) is 0 Å². The van der Waals surface area contributed by atoms with E-state index in [0.717, 1.165) is 41.3 Å². The smallest absolute Gasteiger partial charge is 0.112 e. The van der Waals surface area contributed by atoms with E-state index in [2.05, 4.69) is 39.7 Å². The first-order valence-electron chi connectivity index (χ1n) is 8.44. The lowest BCUT2D eigenvalue weighted by molar-refractivity contribution is 0.193. The van der Waals surface area contributed by atoms with Crippen LogP contribution < -0.4 is 0 Å². The van der Waals surface area contributed by atoms with Crippen molar-refractivity contribution >= 4 is 22.5 Å². The normalized spacial score (nSPS) is 19.0. The fourth-order valence-electron chi connectivity index (χ4n) is 3.65. The molecular formula is C19H21ClN4. The largest absolute Gasteiger partial charge is 0.338 e. The van der Waals surface area contributed by atoms with E-state index in [-0.39, 0.29) is 0 Å². The van der Waals surface area contributed by atoms with E-state index in [1.165, 1.54) is 18.7 Å². The lowest BCUT2D eigenvalue weighted by Gasteiger charge is -2.32. The van der Waals surface area contributed by atoms with E-state index in [9.17, 15) is 0 Å². The van der Waals surface area contributed by atoms with Crippen molar-refractivity contribution in [3.05, 3.63) is 59.3 Å². The summed E-state index contributed by atoms with van der Waals surface area (Å²) in [5.74, 6) is 1.69. The van der Waals surface area contributed by atoms with Crippen LogP contribution in [0.1, 0.15) is 30.3 Å². The minimum absolute atomic E-state index is 0.503. The van der Waals surface area contributed by atoms with Gasteiger partial charge in [0.15, 0.2) is 0 Å². The summed E-state index contributed by atoms with van der Waals surface area (Å²) < 4.78 is 2.14. The Labute approximate surface area is 147 Å². The van der Waals surface area contributed by atoms with Crippen LogP contribution in [0.15, 0.2) is 42.7 Å². The number of aryl methyl sites for hydroxylation is 1. The highest BCUT2D eigenvalue weighted by molar-refractivity contribution is 6.35. The van der Waals surface area contributed by atoms with Gasteiger partial charge in [-0.3, -0.25) is 4.90 Å². The highest BCUT2D eigenvalue weighted by Gasteiger charge is 2.24. The SMILES string of the molecule is Cn1ccnc1[C@H]1CCCN(Cc2ccc3cccc(Cl)c3n2)C1. The Bertz CT molecular complexity index is 857. The molecule has 3 aromatic rings. The molecule has 3 heterocycles. The Balaban J connectivity index is 1.52. The molecule has 1 aromatic carbocycles. The van der Waals surface area contributed by atoms with Gasteiger partial charge in [0.25, 0.3) is 0 Å². The summed E-state index contributed by atoms with van der Waals surface area (Å²) in [4.78, 5) is 11.8. The van der Waals surface area contributed by atoms with Gasteiger partial charge in [0, 0.05) is 43.8 Å². The number of para-hydroxylation sites is 1. The molecule has 0 N–H and O–H groups in total. The number of halogens is 1. The third kappa shape index (κ3) is 3.04. The number of hydrogen-bond donors (Lipinski definition) is 0. The summed E-state index contributed by atoms with van der Waals surface area (Å²) in [6, 6.07) is 10.1. The van der Waals surface area contributed by atoms with Crippen LogP contribution in [0.25, 0.3) is 10.9 Å². The van der Waals surface area contributed by atoms with Crippen LogP contribution in [0.5, 0.6) is 0 Å². The predicted octanol–water partition coefficient (Wildman–Crippen LogP) is 4.00. The molecule has 0 spiro atoms. The van der Waals surface area contributed by atoms with Crippen LogP contribution >= 0.6 is 11.6 Å². The van der Waals surface area contributed by atoms with Crippen molar-refractivity contribution in [1.29, 1.82) is 0 Å². The first-order valence-corrected chi connectivity index (χ1v) is 8.82. The minimum atomic E-state index is 0.503. The average molecular weight is 341 g/mol. The Morgan fingerprint density at radius 3 is 3.00 bits per heavy atom. The molecule has 4 rings (SSSR count). The fraction of sp³-hybridized carbons (Fsp3) is 0.368. The molecule has 5 heteroatoms. The van der Waals surface area contributed by atoms with Gasteiger partial charge in [-0.25, -0.2) is 9.97 Å². The fourth-order valence-corrected chi connectivity index (χ4v) is 3.87. The first kappa shape index (κ1) is 15.6. The Morgan fingerprint density at radius 1 is 1.25 bits per heavy atom. The maximum absolute atomic E-state index is 6.29. The van der Waals surface area contributed by atoms with Gasteiger partial charge < -0.3 is 4.57 Å². The van der Waals surface area contributed by atoms with E-state index >= 15 is 0 Å². The van der Waals surface area contributed by atoms with Crippen LogP contribution in [0, 0.1) is 0 Å².